The van der Waals surface area contributed by atoms with Gasteiger partial charge in [-0.05, 0) is 60.0 Å². The third-order valence-electron chi connectivity index (χ3n) is 3.06. The number of benzene rings is 1. The molecule has 5 heteroatoms. The SMILES string of the molecule is CNC(CCc1ccsc1)c1cc(F)c(F)c(F)c1. The fraction of sp³-hybridized carbons (Fsp3) is 0.286. The van der Waals surface area contributed by atoms with Gasteiger partial charge in [0, 0.05) is 6.04 Å². The summed E-state index contributed by atoms with van der Waals surface area (Å²) in [7, 11) is 1.72. The normalized spacial score (nSPS) is 12.6. The van der Waals surface area contributed by atoms with Gasteiger partial charge in [-0.25, -0.2) is 13.2 Å². The molecule has 0 aliphatic rings. The Bertz CT molecular complexity index is 517. The van der Waals surface area contributed by atoms with Crippen molar-refractivity contribution in [1.29, 1.82) is 0 Å². The molecule has 1 N–H and O–H groups in total. The maximum Gasteiger partial charge on any atom is 0.194 e. The van der Waals surface area contributed by atoms with Crippen molar-refractivity contribution in [3.8, 4) is 0 Å². The Kier molecular flexibility index (Phi) is 4.61. The van der Waals surface area contributed by atoms with Crippen LogP contribution in [0.3, 0.4) is 0 Å². The van der Waals surface area contributed by atoms with Crippen LogP contribution in [0.1, 0.15) is 23.6 Å². The summed E-state index contributed by atoms with van der Waals surface area (Å²) in [6.07, 6.45) is 1.49. The lowest BCUT2D eigenvalue weighted by Crippen LogP contribution is -2.18. The Labute approximate surface area is 114 Å². The lowest BCUT2D eigenvalue weighted by Gasteiger charge is -2.16. The molecule has 19 heavy (non-hydrogen) atoms. The van der Waals surface area contributed by atoms with Crippen LogP contribution in [0.2, 0.25) is 0 Å². The number of nitrogens with one attached hydrogen (secondary N) is 1. The van der Waals surface area contributed by atoms with Gasteiger partial charge in [0.15, 0.2) is 17.5 Å². The van der Waals surface area contributed by atoms with Gasteiger partial charge in [0.25, 0.3) is 0 Å². The molecule has 0 saturated carbocycles. The smallest absolute Gasteiger partial charge is 0.194 e. The van der Waals surface area contributed by atoms with Crippen molar-refractivity contribution in [1.82, 2.24) is 5.32 Å². The Morgan fingerprint density at radius 1 is 1.21 bits per heavy atom. The number of thiophene rings is 1. The molecule has 1 nitrogen and oxygen atoms in total. The first-order valence-corrected chi connectivity index (χ1v) is 6.89. The monoisotopic (exact) mass is 285 g/mol. The highest BCUT2D eigenvalue weighted by Crippen LogP contribution is 2.23. The topological polar surface area (TPSA) is 12.0 Å². The lowest BCUT2D eigenvalue weighted by atomic mass is 10.00. The number of hydrogen-bond donors (Lipinski definition) is 1. The first kappa shape index (κ1) is 14.1. The minimum atomic E-state index is -1.42. The highest BCUT2D eigenvalue weighted by atomic mass is 32.1. The molecule has 0 aliphatic heterocycles. The molecular weight excluding hydrogens is 271 g/mol. The summed E-state index contributed by atoms with van der Waals surface area (Å²) in [6, 6.07) is 3.91. The van der Waals surface area contributed by atoms with E-state index in [2.05, 4.69) is 5.32 Å². The molecule has 0 bridgehead atoms. The van der Waals surface area contributed by atoms with E-state index >= 15 is 0 Å². The zero-order valence-electron chi connectivity index (χ0n) is 10.4. The number of hydrogen-bond acceptors (Lipinski definition) is 2. The highest BCUT2D eigenvalue weighted by molar-refractivity contribution is 7.07. The van der Waals surface area contributed by atoms with Gasteiger partial charge in [-0.15, -0.1) is 0 Å². The fourth-order valence-electron chi connectivity index (χ4n) is 2.00. The molecule has 2 rings (SSSR count). The predicted octanol–water partition coefficient (Wildman–Crippen LogP) is 4.06. The molecule has 0 fully saturated rings. The second-order valence-corrected chi connectivity index (χ2v) is 5.09. The Morgan fingerprint density at radius 2 is 1.89 bits per heavy atom. The van der Waals surface area contributed by atoms with Crippen LogP contribution in [0.5, 0.6) is 0 Å². The van der Waals surface area contributed by atoms with E-state index in [-0.39, 0.29) is 6.04 Å². The Morgan fingerprint density at radius 3 is 2.42 bits per heavy atom. The van der Waals surface area contributed by atoms with Gasteiger partial charge in [0.05, 0.1) is 0 Å². The summed E-state index contributed by atoms with van der Waals surface area (Å²) in [4.78, 5) is 0. The molecule has 1 heterocycles. The maximum atomic E-state index is 13.2. The van der Waals surface area contributed by atoms with Crippen LogP contribution in [-0.4, -0.2) is 7.05 Å². The first-order valence-electron chi connectivity index (χ1n) is 5.94. The van der Waals surface area contributed by atoms with Gasteiger partial charge < -0.3 is 5.32 Å². The molecular formula is C14H14F3NS. The van der Waals surface area contributed by atoms with Crippen molar-refractivity contribution in [3.63, 3.8) is 0 Å². The third-order valence-corrected chi connectivity index (χ3v) is 3.79. The summed E-state index contributed by atoms with van der Waals surface area (Å²) in [5.41, 5.74) is 1.61. The van der Waals surface area contributed by atoms with Crippen LogP contribution in [0.25, 0.3) is 0 Å². The minimum absolute atomic E-state index is 0.204. The van der Waals surface area contributed by atoms with E-state index in [0.29, 0.717) is 12.0 Å². The lowest BCUT2D eigenvalue weighted by molar-refractivity contribution is 0.439. The molecule has 2 aromatic rings. The predicted molar refractivity (Wildman–Crippen MR) is 70.8 cm³/mol. The van der Waals surface area contributed by atoms with Gasteiger partial charge in [-0.1, -0.05) is 0 Å². The molecule has 1 aromatic heterocycles. The second-order valence-electron chi connectivity index (χ2n) is 4.31. The highest BCUT2D eigenvalue weighted by Gasteiger charge is 2.16. The van der Waals surface area contributed by atoms with E-state index in [9.17, 15) is 13.2 Å². The molecule has 1 atom stereocenters. The van der Waals surface area contributed by atoms with Gasteiger partial charge in [-0.2, -0.15) is 11.3 Å². The number of rotatable bonds is 5. The molecule has 0 aliphatic carbocycles. The van der Waals surface area contributed by atoms with Crippen molar-refractivity contribution < 1.29 is 13.2 Å². The van der Waals surface area contributed by atoms with E-state index in [1.807, 2.05) is 16.8 Å². The van der Waals surface area contributed by atoms with Crippen molar-refractivity contribution >= 4 is 11.3 Å². The van der Waals surface area contributed by atoms with E-state index in [0.717, 1.165) is 18.6 Å². The van der Waals surface area contributed by atoms with Crippen molar-refractivity contribution in [2.24, 2.45) is 0 Å². The van der Waals surface area contributed by atoms with Crippen LogP contribution in [0, 0.1) is 17.5 Å². The first-order chi connectivity index (χ1) is 9.11. The summed E-state index contributed by atoms with van der Waals surface area (Å²) in [5.74, 6) is -3.71. The van der Waals surface area contributed by atoms with Crippen molar-refractivity contribution in [3.05, 3.63) is 57.5 Å². The summed E-state index contributed by atoms with van der Waals surface area (Å²) < 4.78 is 39.3. The van der Waals surface area contributed by atoms with Crippen LogP contribution < -0.4 is 5.32 Å². The number of aryl methyl sites for hydroxylation is 1. The summed E-state index contributed by atoms with van der Waals surface area (Å²) >= 11 is 1.61. The standard InChI is InChI=1S/C14H14F3NS/c1-18-13(3-2-9-4-5-19-8-9)10-6-11(15)14(17)12(16)7-10/h4-8,13,18H,2-3H2,1H3. The zero-order valence-corrected chi connectivity index (χ0v) is 11.2. The third kappa shape index (κ3) is 3.36. The van der Waals surface area contributed by atoms with Gasteiger partial charge in [0.1, 0.15) is 0 Å². The Balaban J connectivity index is 2.13. The van der Waals surface area contributed by atoms with Gasteiger partial charge in [-0.3, -0.25) is 0 Å². The molecule has 0 radical (unpaired) electrons. The molecule has 102 valence electrons. The molecule has 0 spiro atoms. The van der Waals surface area contributed by atoms with Crippen LogP contribution >= 0.6 is 11.3 Å². The largest absolute Gasteiger partial charge is 0.313 e. The van der Waals surface area contributed by atoms with E-state index in [4.69, 9.17) is 0 Å². The van der Waals surface area contributed by atoms with Gasteiger partial charge in [0.2, 0.25) is 0 Å². The summed E-state index contributed by atoms with van der Waals surface area (Å²) in [5, 5.41) is 7.03. The van der Waals surface area contributed by atoms with Crippen LogP contribution in [0.4, 0.5) is 13.2 Å². The summed E-state index contributed by atoms with van der Waals surface area (Å²) in [6.45, 7) is 0. The van der Waals surface area contributed by atoms with E-state index in [1.54, 1.807) is 18.4 Å². The molecule has 0 amide bonds. The molecule has 1 unspecified atom stereocenters. The fourth-order valence-corrected chi connectivity index (χ4v) is 2.70. The Hall–Kier alpha value is -1.33. The van der Waals surface area contributed by atoms with Crippen molar-refractivity contribution in [2.75, 3.05) is 7.05 Å². The van der Waals surface area contributed by atoms with Crippen LogP contribution in [0.15, 0.2) is 29.0 Å². The average molecular weight is 285 g/mol. The molecule has 1 aromatic carbocycles. The average Bonchev–Trinajstić information content (AvgIpc) is 2.89. The minimum Gasteiger partial charge on any atom is -0.313 e. The van der Waals surface area contributed by atoms with Crippen molar-refractivity contribution in [2.45, 2.75) is 18.9 Å². The van der Waals surface area contributed by atoms with E-state index < -0.39 is 17.5 Å². The second kappa shape index (κ2) is 6.21. The quantitative estimate of drug-likeness (QED) is 0.817. The molecule has 0 saturated heterocycles. The zero-order chi connectivity index (χ0) is 13.8. The van der Waals surface area contributed by atoms with Gasteiger partial charge >= 0.3 is 0 Å². The number of halogens is 3. The van der Waals surface area contributed by atoms with E-state index in [1.165, 1.54) is 5.56 Å². The maximum absolute atomic E-state index is 13.2. The van der Waals surface area contributed by atoms with Crippen LogP contribution in [-0.2, 0) is 6.42 Å².